The van der Waals surface area contributed by atoms with Crippen molar-refractivity contribution in [3.05, 3.63) is 83.4 Å². The molecule has 4 aromatic rings. The van der Waals surface area contributed by atoms with Crippen LogP contribution >= 0.6 is 0 Å². The zero-order chi connectivity index (χ0) is 27.4. The Morgan fingerprint density at radius 2 is 1.82 bits per heavy atom. The molecule has 1 aliphatic rings. The van der Waals surface area contributed by atoms with Crippen LogP contribution in [-0.2, 0) is 12.7 Å². The van der Waals surface area contributed by atoms with Crippen LogP contribution in [0.2, 0.25) is 0 Å². The van der Waals surface area contributed by atoms with E-state index in [4.69, 9.17) is 0 Å². The van der Waals surface area contributed by atoms with Crippen LogP contribution < -0.4 is 10.6 Å². The first-order chi connectivity index (χ1) is 18.7. The summed E-state index contributed by atoms with van der Waals surface area (Å²) in [6, 6.07) is 9.94. The van der Waals surface area contributed by atoms with Gasteiger partial charge in [-0.1, -0.05) is 12.0 Å². The van der Waals surface area contributed by atoms with Crippen molar-refractivity contribution in [2.75, 3.05) is 43.9 Å². The number of hydrogen-bond donors (Lipinski definition) is 2. The van der Waals surface area contributed by atoms with Gasteiger partial charge in [0.05, 0.1) is 11.8 Å². The Bertz CT molecular complexity index is 1550. The zero-order valence-corrected chi connectivity index (χ0v) is 21.0. The van der Waals surface area contributed by atoms with Crippen LogP contribution in [-0.4, -0.2) is 68.6 Å². The van der Waals surface area contributed by atoms with Gasteiger partial charge in [0.25, 0.3) is 0 Å². The van der Waals surface area contributed by atoms with Crippen molar-refractivity contribution in [1.29, 1.82) is 0 Å². The average Bonchev–Trinajstić information content (AvgIpc) is 3.32. The maximum Gasteiger partial charge on any atom is 0.416 e. The van der Waals surface area contributed by atoms with E-state index in [1.807, 2.05) is 18.0 Å². The van der Waals surface area contributed by atoms with E-state index in [0.717, 1.165) is 19.2 Å². The first-order valence-electron chi connectivity index (χ1n) is 12.2. The molecule has 5 rings (SSSR count). The third-order valence-corrected chi connectivity index (χ3v) is 6.28. The number of halogens is 3. The van der Waals surface area contributed by atoms with Crippen molar-refractivity contribution in [3.63, 3.8) is 0 Å². The van der Waals surface area contributed by atoms with Crippen molar-refractivity contribution < 1.29 is 18.0 Å². The van der Waals surface area contributed by atoms with Gasteiger partial charge in [-0.3, -0.25) is 10.2 Å². The number of rotatable bonds is 4. The topological polar surface area (TPSA) is 90.7 Å². The second-order valence-corrected chi connectivity index (χ2v) is 9.15. The van der Waals surface area contributed by atoms with Crippen LogP contribution in [0.25, 0.3) is 5.65 Å². The van der Waals surface area contributed by atoms with Gasteiger partial charge in [0.2, 0.25) is 0 Å². The van der Waals surface area contributed by atoms with E-state index in [1.165, 1.54) is 18.3 Å². The SMILES string of the molecule is CN1CCN(Cc2ccc(NC(=O)Nc3cc(C#Cc4cnc5cccnn45)ccn3)cc2C(F)(F)F)CC1. The minimum atomic E-state index is -4.55. The number of imidazole rings is 1. The van der Waals surface area contributed by atoms with Crippen LogP contribution in [0.15, 0.2) is 61.1 Å². The van der Waals surface area contributed by atoms with E-state index in [-0.39, 0.29) is 23.6 Å². The lowest BCUT2D eigenvalue weighted by Crippen LogP contribution is -2.44. The number of carbonyl (C=O) groups is 1. The maximum atomic E-state index is 13.8. The lowest BCUT2D eigenvalue weighted by atomic mass is 10.0. The Hall–Kier alpha value is -4.47. The molecule has 0 saturated carbocycles. The van der Waals surface area contributed by atoms with Gasteiger partial charge in [0.15, 0.2) is 5.65 Å². The highest BCUT2D eigenvalue weighted by molar-refractivity contribution is 5.99. The monoisotopic (exact) mass is 534 g/mol. The van der Waals surface area contributed by atoms with E-state index in [1.54, 1.807) is 35.1 Å². The van der Waals surface area contributed by atoms with Crippen molar-refractivity contribution in [3.8, 4) is 11.8 Å². The number of benzene rings is 1. The Balaban J connectivity index is 1.26. The highest BCUT2D eigenvalue weighted by Crippen LogP contribution is 2.34. The molecule has 39 heavy (non-hydrogen) atoms. The molecular weight excluding hydrogens is 509 g/mol. The van der Waals surface area contributed by atoms with Crippen LogP contribution in [0.1, 0.15) is 22.4 Å². The Morgan fingerprint density at radius 1 is 1.00 bits per heavy atom. The summed E-state index contributed by atoms with van der Waals surface area (Å²) in [5.41, 5.74) is 1.25. The second kappa shape index (κ2) is 11.1. The molecular formula is C27H25F3N8O. The quantitative estimate of drug-likeness (QED) is 0.386. The number of urea groups is 1. The smallest absolute Gasteiger partial charge is 0.308 e. The Morgan fingerprint density at radius 3 is 2.62 bits per heavy atom. The summed E-state index contributed by atoms with van der Waals surface area (Å²) in [5, 5.41) is 9.22. The largest absolute Gasteiger partial charge is 0.416 e. The van der Waals surface area contributed by atoms with E-state index in [2.05, 4.69) is 42.4 Å². The van der Waals surface area contributed by atoms with Gasteiger partial charge in [-0.15, -0.1) is 0 Å². The van der Waals surface area contributed by atoms with Crippen LogP contribution in [0, 0.1) is 11.8 Å². The Labute approximate surface area is 222 Å². The maximum absolute atomic E-state index is 13.8. The van der Waals surface area contributed by atoms with Crippen LogP contribution in [0.3, 0.4) is 0 Å². The molecule has 1 saturated heterocycles. The van der Waals surface area contributed by atoms with Gasteiger partial charge >= 0.3 is 12.2 Å². The van der Waals surface area contributed by atoms with Gasteiger partial charge in [0, 0.05) is 56.4 Å². The first kappa shape index (κ1) is 26.1. The Kier molecular flexibility index (Phi) is 7.44. The molecule has 9 nitrogen and oxygen atoms in total. The summed E-state index contributed by atoms with van der Waals surface area (Å²) >= 11 is 0. The van der Waals surface area contributed by atoms with Crippen molar-refractivity contribution in [1.82, 2.24) is 29.4 Å². The van der Waals surface area contributed by atoms with E-state index < -0.39 is 17.8 Å². The number of aromatic nitrogens is 4. The molecule has 0 bridgehead atoms. The van der Waals surface area contributed by atoms with Gasteiger partial charge in [-0.05, 0) is 54.9 Å². The summed E-state index contributed by atoms with van der Waals surface area (Å²) in [4.78, 5) is 25.0. The van der Waals surface area contributed by atoms with Crippen LogP contribution in [0.5, 0.6) is 0 Å². The molecule has 3 aromatic heterocycles. The summed E-state index contributed by atoms with van der Waals surface area (Å²) < 4.78 is 43.1. The number of amides is 2. The number of nitrogens with zero attached hydrogens (tertiary/aromatic N) is 6. The molecule has 1 fully saturated rings. The molecule has 4 heterocycles. The van der Waals surface area contributed by atoms with Gasteiger partial charge in [0.1, 0.15) is 11.5 Å². The fraction of sp³-hybridized carbons (Fsp3) is 0.259. The number of pyridine rings is 1. The molecule has 0 spiro atoms. The normalized spacial score (nSPS) is 14.6. The third kappa shape index (κ3) is 6.51. The van der Waals surface area contributed by atoms with Crippen molar-refractivity contribution in [2.24, 2.45) is 0 Å². The summed E-state index contributed by atoms with van der Waals surface area (Å²) in [5.74, 6) is 6.15. The predicted octanol–water partition coefficient (Wildman–Crippen LogP) is 3.93. The highest BCUT2D eigenvalue weighted by atomic mass is 19.4. The summed E-state index contributed by atoms with van der Waals surface area (Å²) in [6.07, 6.45) is 0.155. The highest BCUT2D eigenvalue weighted by Gasteiger charge is 2.34. The van der Waals surface area contributed by atoms with E-state index in [9.17, 15) is 18.0 Å². The first-order valence-corrected chi connectivity index (χ1v) is 12.2. The van der Waals surface area contributed by atoms with E-state index in [0.29, 0.717) is 30.0 Å². The minimum absolute atomic E-state index is 0.0259. The number of alkyl halides is 3. The van der Waals surface area contributed by atoms with E-state index >= 15 is 0 Å². The molecule has 2 N–H and O–H groups in total. The molecule has 200 valence electrons. The molecule has 0 atom stereocenters. The lowest BCUT2D eigenvalue weighted by molar-refractivity contribution is -0.138. The fourth-order valence-electron chi connectivity index (χ4n) is 4.21. The average molecular weight is 535 g/mol. The van der Waals surface area contributed by atoms with Crippen molar-refractivity contribution >= 4 is 23.2 Å². The minimum Gasteiger partial charge on any atom is -0.308 e. The number of likely N-dealkylation sites (N-methyl/N-ethyl adjacent to an activating group) is 1. The molecule has 12 heteroatoms. The van der Waals surface area contributed by atoms with Crippen LogP contribution in [0.4, 0.5) is 29.5 Å². The lowest BCUT2D eigenvalue weighted by Gasteiger charge is -2.33. The number of hydrogen-bond acceptors (Lipinski definition) is 6. The molecule has 2 amide bonds. The molecule has 0 unspecified atom stereocenters. The third-order valence-electron chi connectivity index (χ3n) is 6.28. The number of fused-ring (bicyclic) bond motifs is 1. The van der Waals surface area contributed by atoms with Gasteiger partial charge in [-0.2, -0.15) is 18.3 Å². The van der Waals surface area contributed by atoms with Crippen molar-refractivity contribution in [2.45, 2.75) is 12.7 Å². The standard InChI is InChI=1S/C27H25F3N8O/c1-36-11-13-37(14-12-36)18-20-5-6-21(16-23(20)27(28,29)30)34-26(39)35-24-15-19(8-10-31-24)4-7-22-17-32-25-3-2-9-33-38(22)25/h2-3,5-6,8-10,15-17H,11-14,18H2,1H3,(H2,31,34,35,39). The second-order valence-electron chi connectivity index (χ2n) is 9.15. The number of piperazine rings is 1. The van der Waals surface area contributed by atoms with Gasteiger partial charge in [-0.25, -0.2) is 19.3 Å². The molecule has 1 aromatic carbocycles. The van der Waals surface area contributed by atoms with Gasteiger partial charge < -0.3 is 10.2 Å². The predicted molar refractivity (Wildman–Crippen MR) is 140 cm³/mol. The number of nitrogens with one attached hydrogen (secondary N) is 2. The number of anilines is 2. The fourth-order valence-corrected chi connectivity index (χ4v) is 4.21. The molecule has 0 radical (unpaired) electrons. The molecule has 1 aliphatic heterocycles. The summed E-state index contributed by atoms with van der Waals surface area (Å²) in [7, 11) is 1.99. The summed E-state index contributed by atoms with van der Waals surface area (Å²) in [6.45, 7) is 3.20. The zero-order valence-electron chi connectivity index (χ0n) is 21.0. The molecule has 0 aliphatic carbocycles. The number of carbonyl (C=O) groups excluding carboxylic acids is 1.